The molecule has 31 heavy (non-hydrogen) atoms. The Balaban J connectivity index is 1.39. The molecule has 2 N–H and O–H groups in total. The molecular formula is C21H22F2N8. The van der Waals surface area contributed by atoms with Crippen LogP contribution in [0.4, 0.5) is 14.6 Å². The molecule has 0 radical (unpaired) electrons. The topological polar surface area (TPSA) is 73.1 Å². The van der Waals surface area contributed by atoms with Crippen LogP contribution in [0.1, 0.15) is 37.8 Å². The van der Waals surface area contributed by atoms with Gasteiger partial charge in [-0.2, -0.15) is 5.10 Å². The van der Waals surface area contributed by atoms with Crippen LogP contribution in [0.2, 0.25) is 0 Å². The highest BCUT2D eigenvalue weighted by atomic mass is 19.1. The zero-order valence-corrected chi connectivity index (χ0v) is 17.2. The summed E-state index contributed by atoms with van der Waals surface area (Å²) in [6.07, 6.45) is 5.29. The van der Waals surface area contributed by atoms with E-state index < -0.39 is 11.4 Å². The highest BCUT2D eigenvalue weighted by molar-refractivity contribution is 6.03. The first-order valence-corrected chi connectivity index (χ1v) is 10.4. The maximum absolute atomic E-state index is 14.7. The van der Waals surface area contributed by atoms with Gasteiger partial charge in [0.1, 0.15) is 17.5 Å². The molecule has 2 fully saturated rings. The lowest BCUT2D eigenvalue weighted by atomic mass is 10.0. The number of benzene rings is 1. The van der Waals surface area contributed by atoms with E-state index in [0.29, 0.717) is 23.0 Å². The average Bonchev–Trinajstić information content (AvgIpc) is 3.13. The Morgan fingerprint density at radius 2 is 2.10 bits per heavy atom. The van der Waals surface area contributed by atoms with Crippen LogP contribution in [-0.2, 0) is 5.54 Å². The Hall–Kier alpha value is -3.27. The second-order valence-corrected chi connectivity index (χ2v) is 8.64. The van der Waals surface area contributed by atoms with Crippen molar-refractivity contribution in [3.63, 3.8) is 0 Å². The van der Waals surface area contributed by atoms with Gasteiger partial charge in [-0.3, -0.25) is 5.43 Å². The molecule has 1 aromatic carbocycles. The van der Waals surface area contributed by atoms with Crippen molar-refractivity contribution >= 4 is 17.3 Å². The minimum absolute atomic E-state index is 0.198. The van der Waals surface area contributed by atoms with Gasteiger partial charge < -0.3 is 4.90 Å². The molecule has 0 amide bonds. The minimum Gasteiger partial charge on any atom is -0.346 e. The molecule has 3 aromatic rings. The standard InChI is InChI=1S/C21H22F2N8/c1-12(2)31-27-19(26-28-31)15-11-24-30-8-6-18(25-20(15)30)29-7-5-13-10-21(13,29)16-9-14(22)3-4-17(16)23/h3-4,6,8-9,11-13,28H,5,7,10H2,1-2H3,(H,26,27)/t13-,21+/m0/s1. The maximum Gasteiger partial charge on any atom is 0.176 e. The number of fused-ring (bicyclic) bond motifs is 2. The predicted octanol–water partition coefficient (Wildman–Crippen LogP) is 2.53. The van der Waals surface area contributed by atoms with Gasteiger partial charge in [0.15, 0.2) is 11.5 Å². The van der Waals surface area contributed by atoms with Crippen molar-refractivity contribution in [3.8, 4) is 0 Å². The molecule has 2 atom stereocenters. The van der Waals surface area contributed by atoms with E-state index in [4.69, 9.17) is 4.98 Å². The summed E-state index contributed by atoms with van der Waals surface area (Å²) < 4.78 is 30.3. The molecule has 2 aliphatic heterocycles. The van der Waals surface area contributed by atoms with E-state index >= 15 is 0 Å². The van der Waals surface area contributed by atoms with Gasteiger partial charge in [-0.25, -0.2) is 23.8 Å². The first kappa shape index (κ1) is 18.5. The van der Waals surface area contributed by atoms with Crippen LogP contribution in [0, 0.1) is 17.6 Å². The van der Waals surface area contributed by atoms with Crippen LogP contribution >= 0.6 is 0 Å². The molecule has 3 aliphatic rings. The second-order valence-electron chi connectivity index (χ2n) is 8.64. The smallest absolute Gasteiger partial charge is 0.176 e. The second kappa shape index (κ2) is 6.36. The van der Waals surface area contributed by atoms with Crippen molar-refractivity contribution in [1.82, 2.24) is 30.7 Å². The molecule has 0 unspecified atom stereocenters. The molecule has 0 spiro atoms. The van der Waals surface area contributed by atoms with E-state index in [2.05, 4.69) is 26.1 Å². The monoisotopic (exact) mass is 424 g/mol. The van der Waals surface area contributed by atoms with E-state index in [-0.39, 0.29) is 11.9 Å². The van der Waals surface area contributed by atoms with E-state index in [1.807, 2.05) is 26.1 Å². The molecule has 1 aliphatic carbocycles. The molecule has 4 heterocycles. The molecule has 10 heteroatoms. The maximum atomic E-state index is 14.7. The van der Waals surface area contributed by atoms with Crippen molar-refractivity contribution in [1.29, 1.82) is 0 Å². The number of hydrogen-bond acceptors (Lipinski definition) is 7. The summed E-state index contributed by atoms with van der Waals surface area (Å²) >= 11 is 0. The lowest BCUT2D eigenvalue weighted by Gasteiger charge is -2.30. The lowest BCUT2D eigenvalue weighted by Crippen LogP contribution is -2.46. The Labute approximate surface area is 177 Å². The minimum atomic E-state index is -0.531. The normalized spacial score (nSPS) is 25.0. The van der Waals surface area contributed by atoms with E-state index in [1.165, 1.54) is 18.2 Å². The lowest BCUT2D eigenvalue weighted by molar-refractivity contribution is 0.133. The Morgan fingerprint density at radius 1 is 1.23 bits per heavy atom. The molecule has 0 bridgehead atoms. The number of amidine groups is 1. The van der Waals surface area contributed by atoms with Crippen molar-refractivity contribution < 1.29 is 8.78 Å². The molecule has 1 saturated carbocycles. The van der Waals surface area contributed by atoms with E-state index in [0.717, 1.165) is 30.8 Å². The molecule has 1 saturated heterocycles. The fraction of sp³-hybridized carbons (Fsp3) is 0.381. The van der Waals surface area contributed by atoms with Crippen molar-refractivity contribution in [3.05, 3.63) is 59.4 Å². The number of nitrogens with one attached hydrogen (secondary N) is 2. The first-order chi connectivity index (χ1) is 15.0. The summed E-state index contributed by atoms with van der Waals surface area (Å²) in [5, 5.41) is 10.5. The van der Waals surface area contributed by atoms with Gasteiger partial charge in [0.05, 0.1) is 17.3 Å². The number of hydrazone groups is 1. The average molecular weight is 424 g/mol. The number of piperidine rings is 1. The molecule has 160 valence electrons. The summed E-state index contributed by atoms with van der Waals surface area (Å²) in [4.78, 5) is 6.99. The zero-order chi connectivity index (χ0) is 21.3. The van der Waals surface area contributed by atoms with Gasteiger partial charge in [-0.15, -0.1) is 10.2 Å². The third-order valence-electron chi connectivity index (χ3n) is 6.55. The largest absolute Gasteiger partial charge is 0.346 e. The first-order valence-electron chi connectivity index (χ1n) is 10.4. The van der Waals surface area contributed by atoms with Gasteiger partial charge in [0, 0.05) is 24.3 Å². The van der Waals surface area contributed by atoms with Crippen LogP contribution in [-0.4, -0.2) is 38.1 Å². The fourth-order valence-corrected chi connectivity index (χ4v) is 4.91. The van der Waals surface area contributed by atoms with Gasteiger partial charge in [-0.05, 0) is 56.9 Å². The number of aromatic nitrogens is 3. The summed E-state index contributed by atoms with van der Waals surface area (Å²) in [5.74, 6) is 0.870. The van der Waals surface area contributed by atoms with Gasteiger partial charge in [0.2, 0.25) is 0 Å². The molecular weight excluding hydrogens is 402 g/mol. The SMILES string of the molecule is CC(C)N1NN=C(c2cnn3ccc(N4CC[C@H]5C[C@]54c4cc(F)ccc4F)nc23)N1. The van der Waals surface area contributed by atoms with Crippen LogP contribution in [0.25, 0.3) is 5.65 Å². The van der Waals surface area contributed by atoms with Gasteiger partial charge in [-0.1, -0.05) is 0 Å². The molecule has 2 aromatic heterocycles. The predicted molar refractivity (Wildman–Crippen MR) is 111 cm³/mol. The van der Waals surface area contributed by atoms with Gasteiger partial charge >= 0.3 is 0 Å². The quantitative estimate of drug-likeness (QED) is 0.671. The highest BCUT2D eigenvalue weighted by Gasteiger charge is 2.64. The number of hydrazine groups is 2. The van der Waals surface area contributed by atoms with Crippen LogP contribution < -0.4 is 15.9 Å². The third-order valence-corrected chi connectivity index (χ3v) is 6.55. The third kappa shape index (κ3) is 2.64. The Bertz CT molecular complexity index is 1220. The molecule has 8 nitrogen and oxygen atoms in total. The molecule has 6 rings (SSSR count). The summed E-state index contributed by atoms with van der Waals surface area (Å²) in [6.45, 7) is 4.82. The zero-order valence-electron chi connectivity index (χ0n) is 17.2. The summed E-state index contributed by atoms with van der Waals surface area (Å²) in [7, 11) is 0. The number of halogens is 2. The summed E-state index contributed by atoms with van der Waals surface area (Å²) in [6, 6.07) is 5.79. The van der Waals surface area contributed by atoms with E-state index in [9.17, 15) is 8.78 Å². The van der Waals surface area contributed by atoms with Crippen LogP contribution in [0.3, 0.4) is 0 Å². The van der Waals surface area contributed by atoms with Crippen molar-refractivity contribution in [2.75, 3.05) is 11.4 Å². The fourth-order valence-electron chi connectivity index (χ4n) is 4.91. The van der Waals surface area contributed by atoms with Crippen LogP contribution in [0.15, 0.2) is 41.8 Å². The summed E-state index contributed by atoms with van der Waals surface area (Å²) in [5.41, 5.74) is 7.45. The Kier molecular flexibility index (Phi) is 3.80. The Morgan fingerprint density at radius 3 is 2.87 bits per heavy atom. The van der Waals surface area contributed by atoms with Crippen molar-refractivity contribution in [2.45, 2.75) is 38.3 Å². The van der Waals surface area contributed by atoms with E-state index in [1.54, 1.807) is 15.8 Å². The van der Waals surface area contributed by atoms with Gasteiger partial charge in [0.25, 0.3) is 0 Å². The number of nitrogens with zero attached hydrogens (tertiary/aromatic N) is 6. The highest BCUT2D eigenvalue weighted by Crippen LogP contribution is 2.63. The van der Waals surface area contributed by atoms with Crippen LogP contribution in [0.5, 0.6) is 0 Å². The number of anilines is 1. The number of hydrogen-bond donors (Lipinski definition) is 2. The van der Waals surface area contributed by atoms with Crippen molar-refractivity contribution in [2.24, 2.45) is 11.0 Å². The number of rotatable bonds is 4.